The summed E-state index contributed by atoms with van der Waals surface area (Å²) in [6.45, 7) is 2.70. The summed E-state index contributed by atoms with van der Waals surface area (Å²) in [7, 11) is 0. The highest BCUT2D eigenvalue weighted by molar-refractivity contribution is 5.83. The molecule has 0 radical (unpaired) electrons. The van der Waals surface area contributed by atoms with Gasteiger partial charge in [0.25, 0.3) is 0 Å². The first-order valence-corrected chi connectivity index (χ1v) is 6.24. The zero-order chi connectivity index (χ0) is 11.5. The van der Waals surface area contributed by atoms with Gasteiger partial charge in [-0.05, 0) is 25.2 Å². The molecule has 0 aromatic carbocycles. The minimum absolute atomic E-state index is 0.0227. The third kappa shape index (κ3) is 2.54. The van der Waals surface area contributed by atoms with Crippen LogP contribution in [0.15, 0.2) is 0 Å². The molecule has 2 rings (SSSR count). The van der Waals surface area contributed by atoms with Crippen LogP contribution in [0.4, 0.5) is 0 Å². The third-order valence-corrected chi connectivity index (χ3v) is 3.83. The van der Waals surface area contributed by atoms with Gasteiger partial charge < -0.3 is 10.6 Å². The average Bonchev–Trinajstić information content (AvgIpc) is 2.65. The number of hydrogen-bond acceptors (Lipinski definition) is 2. The fourth-order valence-corrected chi connectivity index (χ4v) is 2.62. The highest BCUT2D eigenvalue weighted by Gasteiger charge is 2.29. The number of carbonyl (C=O) groups is 2. The van der Waals surface area contributed by atoms with E-state index in [0.717, 1.165) is 6.42 Å². The Balaban J connectivity index is 1.81. The van der Waals surface area contributed by atoms with Crippen LogP contribution < -0.4 is 10.6 Å². The summed E-state index contributed by atoms with van der Waals surface area (Å²) < 4.78 is 0. The van der Waals surface area contributed by atoms with E-state index in [4.69, 9.17) is 0 Å². The number of hydrogen-bond donors (Lipinski definition) is 2. The van der Waals surface area contributed by atoms with E-state index in [1.54, 1.807) is 0 Å². The van der Waals surface area contributed by atoms with Crippen molar-refractivity contribution in [2.24, 2.45) is 11.8 Å². The lowest BCUT2D eigenvalue weighted by Crippen LogP contribution is -2.46. The highest BCUT2D eigenvalue weighted by Crippen LogP contribution is 2.25. The van der Waals surface area contributed by atoms with Crippen LogP contribution in [0.2, 0.25) is 0 Å². The van der Waals surface area contributed by atoms with E-state index < -0.39 is 0 Å². The number of carbonyl (C=O) groups excluding carboxylic acids is 2. The molecule has 3 atom stereocenters. The Morgan fingerprint density at radius 1 is 1.38 bits per heavy atom. The Morgan fingerprint density at radius 2 is 2.19 bits per heavy atom. The zero-order valence-electron chi connectivity index (χ0n) is 9.79. The number of amides is 2. The van der Waals surface area contributed by atoms with Gasteiger partial charge in [0, 0.05) is 19.0 Å². The molecule has 1 aliphatic carbocycles. The van der Waals surface area contributed by atoms with Crippen LogP contribution in [0.5, 0.6) is 0 Å². The van der Waals surface area contributed by atoms with Gasteiger partial charge in [-0.25, -0.2) is 0 Å². The lowest BCUT2D eigenvalue weighted by molar-refractivity contribution is -0.129. The van der Waals surface area contributed by atoms with Gasteiger partial charge in [-0.1, -0.05) is 13.3 Å². The first-order chi connectivity index (χ1) is 7.66. The monoisotopic (exact) mass is 224 g/mol. The second-order valence-corrected chi connectivity index (χ2v) is 5.06. The van der Waals surface area contributed by atoms with E-state index in [9.17, 15) is 9.59 Å². The topological polar surface area (TPSA) is 58.2 Å². The predicted octanol–water partition coefficient (Wildman–Crippen LogP) is 0.817. The van der Waals surface area contributed by atoms with Crippen molar-refractivity contribution in [3.05, 3.63) is 0 Å². The molecule has 4 heteroatoms. The minimum atomic E-state index is -0.0227. The Labute approximate surface area is 96.2 Å². The van der Waals surface area contributed by atoms with Crippen LogP contribution in [-0.2, 0) is 9.59 Å². The molecule has 3 unspecified atom stereocenters. The van der Waals surface area contributed by atoms with E-state index in [1.807, 2.05) is 0 Å². The molecule has 4 nitrogen and oxygen atoms in total. The Morgan fingerprint density at radius 3 is 2.75 bits per heavy atom. The van der Waals surface area contributed by atoms with Crippen molar-refractivity contribution in [2.75, 3.05) is 6.54 Å². The summed E-state index contributed by atoms with van der Waals surface area (Å²) in [5, 5.41) is 5.87. The van der Waals surface area contributed by atoms with Gasteiger partial charge in [0.2, 0.25) is 11.8 Å². The molecule has 1 aliphatic heterocycles. The smallest absolute Gasteiger partial charge is 0.225 e. The van der Waals surface area contributed by atoms with Gasteiger partial charge in [0.1, 0.15) is 0 Å². The van der Waals surface area contributed by atoms with Crippen molar-refractivity contribution in [3.63, 3.8) is 0 Å². The molecule has 2 amide bonds. The predicted molar refractivity (Wildman–Crippen MR) is 60.7 cm³/mol. The van der Waals surface area contributed by atoms with Gasteiger partial charge in [0.05, 0.1) is 5.92 Å². The quantitative estimate of drug-likeness (QED) is 0.729. The molecule has 0 aromatic heterocycles. The summed E-state index contributed by atoms with van der Waals surface area (Å²) in [5.41, 5.74) is 0. The van der Waals surface area contributed by atoms with Crippen LogP contribution in [0, 0.1) is 11.8 Å². The third-order valence-electron chi connectivity index (χ3n) is 3.83. The molecule has 0 aromatic rings. The van der Waals surface area contributed by atoms with Crippen LogP contribution in [0.1, 0.15) is 39.0 Å². The normalized spacial score (nSPS) is 34.6. The molecule has 2 aliphatic rings. The molecule has 1 heterocycles. The maximum atomic E-state index is 11.9. The molecule has 2 N–H and O–H groups in total. The fourth-order valence-electron chi connectivity index (χ4n) is 2.62. The van der Waals surface area contributed by atoms with Crippen molar-refractivity contribution in [3.8, 4) is 0 Å². The molecule has 90 valence electrons. The molecule has 1 saturated heterocycles. The lowest BCUT2D eigenvalue weighted by Gasteiger charge is -2.25. The van der Waals surface area contributed by atoms with Crippen molar-refractivity contribution < 1.29 is 9.59 Å². The maximum Gasteiger partial charge on any atom is 0.225 e. The molecular weight excluding hydrogens is 204 g/mol. The first-order valence-electron chi connectivity index (χ1n) is 6.24. The van der Waals surface area contributed by atoms with E-state index in [0.29, 0.717) is 31.3 Å². The summed E-state index contributed by atoms with van der Waals surface area (Å²) in [6, 6.07) is 0.352. The largest absolute Gasteiger partial charge is 0.355 e. The van der Waals surface area contributed by atoms with E-state index in [2.05, 4.69) is 17.6 Å². The molecular formula is C12H20N2O2. The second-order valence-electron chi connectivity index (χ2n) is 5.06. The van der Waals surface area contributed by atoms with Crippen LogP contribution in [0.25, 0.3) is 0 Å². The van der Waals surface area contributed by atoms with E-state index in [-0.39, 0.29) is 17.7 Å². The standard InChI is InChI=1S/C12H20N2O2/c1-8-3-2-4-10(8)14-12(16)9-5-6-11(15)13-7-9/h8-10H,2-7H2,1H3,(H,13,15)(H,14,16). The highest BCUT2D eigenvalue weighted by atomic mass is 16.2. The first kappa shape index (κ1) is 11.4. The molecule has 0 spiro atoms. The Kier molecular flexibility index (Phi) is 3.46. The van der Waals surface area contributed by atoms with Gasteiger partial charge >= 0.3 is 0 Å². The summed E-state index contributed by atoms with van der Waals surface area (Å²) >= 11 is 0. The van der Waals surface area contributed by atoms with Crippen LogP contribution >= 0.6 is 0 Å². The molecule has 16 heavy (non-hydrogen) atoms. The summed E-state index contributed by atoms with van der Waals surface area (Å²) in [4.78, 5) is 22.9. The summed E-state index contributed by atoms with van der Waals surface area (Å²) in [6.07, 6.45) is 4.71. The van der Waals surface area contributed by atoms with Crippen LogP contribution in [0.3, 0.4) is 0 Å². The van der Waals surface area contributed by atoms with Crippen molar-refractivity contribution in [2.45, 2.75) is 45.1 Å². The minimum Gasteiger partial charge on any atom is -0.355 e. The van der Waals surface area contributed by atoms with Gasteiger partial charge in [-0.15, -0.1) is 0 Å². The van der Waals surface area contributed by atoms with Gasteiger partial charge in [-0.2, -0.15) is 0 Å². The Bertz CT molecular complexity index is 281. The molecule has 1 saturated carbocycles. The van der Waals surface area contributed by atoms with E-state index in [1.165, 1.54) is 12.8 Å². The van der Waals surface area contributed by atoms with Crippen molar-refractivity contribution in [1.82, 2.24) is 10.6 Å². The maximum absolute atomic E-state index is 11.9. The van der Waals surface area contributed by atoms with E-state index >= 15 is 0 Å². The SMILES string of the molecule is CC1CCCC1NC(=O)C1CCC(=O)NC1. The fraction of sp³-hybridized carbons (Fsp3) is 0.833. The molecule has 2 fully saturated rings. The average molecular weight is 224 g/mol. The number of nitrogens with one attached hydrogen (secondary N) is 2. The molecule has 0 bridgehead atoms. The number of piperidine rings is 1. The zero-order valence-corrected chi connectivity index (χ0v) is 9.79. The van der Waals surface area contributed by atoms with Gasteiger partial charge in [-0.3, -0.25) is 9.59 Å². The van der Waals surface area contributed by atoms with Crippen molar-refractivity contribution in [1.29, 1.82) is 0 Å². The second kappa shape index (κ2) is 4.85. The summed E-state index contributed by atoms with van der Waals surface area (Å²) in [5.74, 6) is 0.768. The number of rotatable bonds is 2. The lowest BCUT2D eigenvalue weighted by atomic mass is 9.97. The van der Waals surface area contributed by atoms with Crippen molar-refractivity contribution >= 4 is 11.8 Å². The van der Waals surface area contributed by atoms with Crippen LogP contribution in [-0.4, -0.2) is 24.4 Å². The van der Waals surface area contributed by atoms with Gasteiger partial charge in [0.15, 0.2) is 0 Å². The Hall–Kier alpha value is -1.06.